The molecule has 2 atom stereocenters. The Morgan fingerprint density at radius 1 is 1.47 bits per heavy atom. The van der Waals surface area contributed by atoms with Gasteiger partial charge >= 0.3 is 0 Å². The molecule has 1 aliphatic heterocycles. The Bertz CT molecular complexity index is 352. The van der Waals surface area contributed by atoms with Crippen LogP contribution in [0.2, 0.25) is 0 Å². The van der Waals surface area contributed by atoms with Crippen molar-refractivity contribution in [1.82, 2.24) is 15.5 Å². The molecule has 1 aromatic rings. The molecule has 1 aromatic heterocycles. The van der Waals surface area contributed by atoms with E-state index < -0.39 is 6.43 Å². The minimum absolute atomic E-state index is 0.221. The van der Waals surface area contributed by atoms with E-state index in [0.717, 1.165) is 37.3 Å². The summed E-state index contributed by atoms with van der Waals surface area (Å²) in [6, 6.07) is 0.223. The highest BCUT2D eigenvalue weighted by Crippen LogP contribution is 2.26. The first-order valence-corrected chi connectivity index (χ1v) is 6.57. The molecule has 0 aromatic carbocycles. The largest absolute Gasteiger partial charge is 0.357 e. The van der Waals surface area contributed by atoms with Crippen molar-refractivity contribution in [2.24, 2.45) is 5.92 Å². The van der Waals surface area contributed by atoms with Gasteiger partial charge in [0.1, 0.15) is 0 Å². The summed E-state index contributed by atoms with van der Waals surface area (Å²) in [5.74, 6) is 0.516. The molecular weight excluding hydrogens is 246 g/mol. The van der Waals surface area contributed by atoms with Crippen LogP contribution < -0.4 is 10.6 Å². The van der Waals surface area contributed by atoms with E-state index in [-0.39, 0.29) is 11.0 Å². The molecule has 2 heterocycles. The van der Waals surface area contributed by atoms with Gasteiger partial charge in [0.2, 0.25) is 5.13 Å². The summed E-state index contributed by atoms with van der Waals surface area (Å²) >= 11 is 0.930. The maximum atomic E-state index is 12.3. The zero-order valence-corrected chi connectivity index (χ0v) is 10.4. The van der Waals surface area contributed by atoms with Crippen molar-refractivity contribution < 1.29 is 8.78 Å². The lowest BCUT2D eigenvalue weighted by Gasteiger charge is -2.28. The third-order valence-electron chi connectivity index (χ3n) is 3.02. The zero-order chi connectivity index (χ0) is 12.3. The van der Waals surface area contributed by atoms with Crippen LogP contribution in [0.25, 0.3) is 0 Å². The minimum Gasteiger partial charge on any atom is -0.357 e. The fraction of sp³-hybridized carbons (Fsp3) is 0.800. The lowest BCUT2D eigenvalue weighted by molar-refractivity contribution is 0.150. The molecule has 2 rings (SSSR count). The topological polar surface area (TPSA) is 49.8 Å². The van der Waals surface area contributed by atoms with Gasteiger partial charge in [0.25, 0.3) is 6.43 Å². The van der Waals surface area contributed by atoms with Gasteiger partial charge in [-0.05, 0) is 38.8 Å². The molecular formula is C10H16F2N4S. The SMILES string of the molecule is CC(Nc1nnc(C(F)F)s1)C1CCCNC1. The predicted octanol–water partition coefficient (Wildman–Crippen LogP) is 2.28. The Balaban J connectivity index is 1.90. The van der Waals surface area contributed by atoms with Gasteiger partial charge < -0.3 is 10.6 Å². The fourth-order valence-electron chi connectivity index (χ4n) is 2.00. The summed E-state index contributed by atoms with van der Waals surface area (Å²) in [6.07, 6.45) is -0.216. The third kappa shape index (κ3) is 3.32. The van der Waals surface area contributed by atoms with Crippen molar-refractivity contribution in [3.05, 3.63) is 5.01 Å². The van der Waals surface area contributed by atoms with E-state index in [1.807, 2.05) is 0 Å². The number of aromatic nitrogens is 2. The van der Waals surface area contributed by atoms with E-state index in [4.69, 9.17) is 0 Å². The average Bonchev–Trinajstić information content (AvgIpc) is 2.79. The number of alkyl halides is 2. The third-order valence-corrected chi connectivity index (χ3v) is 3.88. The van der Waals surface area contributed by atoms with E-state index in [1.54, 1.807) is 0 Å². The number of nitrogens with one attached hydrogen (secondary N) is 2. The van der Waals surface area contributed by atoms with Crippen LogP contribution in [-0.4, -0.2) is 29.3 Å². The highest BCUT2D eigenvalue weighted by Gasteiger charge is 2.21. The first kappa shape index (κ1) is 12.6. The highest BCUT2D eigenvalue weighted by atomic mass is 32.1. The first-order chi connectivity index (χ1) is 8.16. The van der Waals surface area contributed by atoms with Crippen LogP contribution in [0, 0.1) is 5.92 Å². The van der Waals surface area contributed by atoms with Crippen molar-refractivity contribution >= 4 is 16.5 Å². The number of piperidine rings is 1. The number of nitrogens with zero attached hydrogens (tertiary/aromatic N) is 2. The lowest BCUT2D eigenvalue weighted by atomic mass is 9.93. The van der Waals surface area contributed by atoms with Crippen molar-refractivity contribution in [2.45, 2.75) is 32.2 Å². The zero-order valence-electron chi connectivity index (χ0n) is 9.62. The smallest absolute Gasteiger partial charge is 0.291 e. The summed E-state index contributed by atoms with van der Waals surface area (Å²) in [5.41, 5.74) is 0. The summed E-state index contributed by atoms with van der Waals surface area (Å²) in [5, 5.41) is 13.9. The van der Waals surface area contributed by atoms with E-state index in [1.165, 1.54) is 0 Å². The highest BCUT2D eigenvalue weighted by molar-refractivity contribution is 7.15. The maximum absolute atomic E-state index is 12.3. The molecule has 7 heteroatoms. The molecule has 0 amide bonds. The van der Waals surface area contributed by atoms with Crippen LogP contribution in [0.1, 0.15) is 31.2 Å². The second-order valence-corrected chi connectivity index (χ2v) is 5.29. The standard InChI is InChI=1S/C10H16F2N4S/c1-6(7-3-2-4-13-5-7)14-10-16-15-9(17-10)8(11)12/h6-8,13H,2-5H2,1H3,(H,14,16). The van der Waals surface area contributed by atoms with E-state index in [2.05, 4.69) is 27.8 Å². The summed E-state index contributed by atoms with van der Waals surface area (Å²) in [4.78, 5) is 0. The second kappa shape index (κ2) is 5.68. The van der Waals surface area contributed by atoms with Crippen molar-refractivity contribution in [3.63, 3.8) is 0 Å². The Hall–Kier alpha value is -0.820. The molecule has 1 fully saturated rings. The first-order valence-electron chi connectivity index (χ1n) is 5.75. The number of halogens is 2. The fourth-order valence-corrected chi connectivity index (χ4v) is 2.69. The van der Waals surface area contributed by atoms with Crippen LogP contribution >= 0.6 is 11.3 Å². The van der Waals surface area contributed by atoms with Gasteiger partial charge in [-0.25, -0.2) is 8.78 Å². The molecule has 17 heavy (non-hydrogen) atoms. The van der Waals surface area contributed by atoms with Crippen LogP contribution in [0.3, 0.4) is 0 Å². The van der Waals surface area contributed by atoms with Gasteiger partial charge in [0, 0.05) is 6.04 Å². The van der Waals surface area contributed by atoms with Crippen molar-refractivity contribution in [2.75, 3.05) is 18.4 Å². The average molecular weight is 262 g/mol. The Morgan fingerprint density at radius 2 is 2.29 bits per heavy atom. The number of hydrogen-bond donors (Lipinski definition) is 2. The summed E-state index contributed by atoms with van der Waals surface area (Å²) in [6.45, 7) is 4.09. The lowest BCUT2D eigenvalue weighted by Crippen LogP contribution is -2.38. The number of anilines is 1. The monoisotopic (exact) mass is 262 g/mol. The molecule has 1 saturated heterocycles. The normalized spacial score (nSPS) is 22.7. The number of hydrogen-bond acceptors (Lipinski definition) is 5. The predicted molar refractivity (Wildman–Crippen MR) is 63.5 cm³/mol. The van der Waals surface area contributed by atoms with E-state index in [9.17, 15) is 8.78 Å². The minimum atomic E-state index is -2.53. The Morgan fingerprint density at radius 3 is 2.88 bits per heavy atom. The van der Waals surface area contributed by atoms with Gasteiger partial charge in [0.05, 0.1) is 0 Å². The molecule has 0 saturated carbocycles. The molecule has 2 unspecified atom stereocenters. The quantitative estimate of drug-likeness (QED) is 0.874. The van der Waals surface area contributed by atoms with Gasteiger partial charge in [0.15, 0.2) is 5.01 Å². The van der Waals surface area contributed by atoms with E-state index in [0.29, 0.717) is 11.0 Å². The van der Waals surface area contributed by atoms with Crippen LogP contribution in [0.4, 0.5) is 13.9 Å². The molecule has 0 aliphatic carbocycles. The van der Waals surface area contributed by atoms with Crippen LogP contribution in [-0.2, 0) is 0 Å². The molecule has 0 radical (unpaired) electrons. The van der Waals surface area contributed by atoms with E-state index >= 15 is 0 Å². The second-order valence-electron chi connectivity index (χ2n) is 4.29. The van der Waals surface area contributed by atoms with Gasteiger partial charge in [-0.15, -0.1) is 10.2 Å². The molecule has 0 spiro atoms. The summed E-state index contributed by atoms with van der Waals surface area (Å²) < 4.78 is 24.7. The van der Waals surface area contributed by atoms with Crippen molar-refractivity contribution in [1.29, 1.82) is 0 Å². The van der Waals surface area contributed by atoms with Gasteiger partial charge in [-0.1, -0.05) is 11.3 Å². The van der Waals surface area contributed by atoms with Crippen LogP contribution in [0.5, 0.6) is 0 Å². The van der Waals surface area contributed by atoms with Crippen molar-refractivity contribution in [3.8, 4) is 0 Å². The molecule has 1 aliphatic rings. The molecule has 96 valence electrons. The molecule has 4 nitrogen and oxygen atoms in total. The number of rotatable bonds is 4. The maximum Gasteiger partial charge on any atom is 0.291 e. The molecule has 2 N–H and O–H groups in total. The Labute approximate surface area is 103 Å². The van der Waals surface area contributed by atoms with Gasteiger partial charge in [-0.3, -0.25) is 0 Å². The van der Waals surface area contributed by atoms with Gasteiger partial charge in [-0.2, -0.15) is 0 Å². The van der Waals surface area contributed by atoms with Crippen LogP contribution in [0.15, 0.2) is 0 Å². The molecule has 0 bridgehead atoms. The Kier molecular flexibility index (Phi) is 4.22. The summed E-state index contributed by atoms with van der Waals surface area (Å²) in [7, 11) is 0.